The molecule has 1 radical (unpaired) electrons. The summed E-state index contributed by atoms with van der Waals surface area (Å²) >= 11 is 11.8. The largest absolute Gasteiger partial charge is 0.0824 e. The van der Waals surface area contributed by atoms with Gasteiger partial charge in [-0.2, -0.15) is 0 Å². The van der Waals surface area contributed by atoms with E-state index in [-0.39, 0.29) is 0 Å². The lowest BCUT2D eigenvalue weighted by molar-refractivity contribution is 0.912. The molecule has 0 spiro atoms. The third-order valence-corrected chi connectivity index (χ3v) is 2.90. The molecule has 57 valence electrons. The van der Waals surface area contributed by atoms with E-state index in [2.05, 4.69) is 6.07 Å². The van der Waals surface area contributed by atoms with Gasteiger partial charge in [-0.1, -0.05) is 23.2 Å². The van der Waals surface area contributed by atoms with Crippen LogP contribution in [-0.2, 0) is 12.8 Å². The molecule has 1 aliphatic rings. The van der Waals surface area contributed by atoms with Crippen LogP contribution in [0.3, 0.4) is 0 Å². The Labute approximate surface area is 76.1 Å². The third-order valence-electron chi connectivity index (χ3n) is 2.09. The molecule has 0 aliphatic heterocycles. The van der Waals surface area contributed by atoms with E-state index in [1.54, 1.807) is 0 Å². The summed E-state index contributed by atoms with van der Waals surface area (Å²) in [7, 11) is 0. The lowest BCUT2D eigenvalue weighted by Crippen LogP contribution is -1.83. The van der Waals surface area contributed by atoms with Gasteiger partial charge in [-0.05, 0) is 36.5 Å². The first-order valence-electron chi connectivity index (χ1n) is 3.66. The minimum absolute atomic E-state index is 0.562. The Kier molecular flexibility index (Phi) is 1.82. The molecule has 0 nitrogen and oxygen atoms in total. The van der Waals surface area contributed by atoms with Crippen LogP contribution in [0.4, 0.5) is 0 Å². The van der Waals surface area contributed by atoms with Crippen molar-refractivity contribution in [3.05, 3.63) is 33.3 Å². The Morgan fingerprint density at radius 1 is 1.27 bits per heavy atom. The normalized spacial score (nSPS) is 15.1. The Balaban J connectivity index is 2.62. The zero-order valence-electron chi connectivity index (χ0n) is 5.95. The minimum Gasteiger partial charge on any atom is -0.0824 e. The van der Waals surface area contributed by atoms with Crippen molar-refractivity contribution in [3.8, 4) is 0 Å². The van der Waals surface area contributed by atoms with Crippen molar-refractivity contribution in [1.82, 2.24) is 0 Å². The molecule has 0 aromatic heterocycles. The van der Waals surface area contributed by atoms with Crippen LogP contribution in [-0.4, -0.2) is 0 Å². The highest BCUT2D eigenvalue weighted by Crippen LogP contribution is 2.33. The summed E-state index contributed by atoms with van der Waals surface area (Å²) in [5, 5.41) is 1.27. The molecule has 2 heteroatoms. The van der Waals surface area contributed by atoms with Crippen molar-refractivity contribution >= 4 is 23.2 Å². The molecule has 0 N–H and O–H groups in total. The van der Waals surface area contributed by atoms with Crippen molar-refractivity contribution in [3.63, 3.8) is 0 Å². The third kappa shape index (κ3) is 1.15. The number of benzene rings is 1. The van der Waals surface area contributed by atoms with Gasteiger partial charge in [0.25, 0.3) is 0 Å². The van der Waals surface area contributed by atoms with Crippen LogP contribution in [0, 0.1) is 6.07 Å². The molecule has 1 aliphatic carbocycles. The number of aryl methyl sites for hydroxylation is 1. The fraction of sp³-hybridized carbons (Fsp3) is 0.333. The zero-order valence-corrected chi connectivity index (χ0v) is 7.47. The highest BCUT2D eigenvalue weighted by atomic mass is 35.5. The summed E-state index contributed by atoms with van der Waals surface area (Å²) in [6, 6.07) is 4.89. The van der Waals surface area contributed by atoms with E-state index in [9.17, 15) is 0 Å². The van der Waals surface area contributed by atoms with Gasteiger partial charge in [0.15, 0.2) is 0 Å². The van der Waals surface area contributed by atoms with Crippen LogP contribution in [0.25, 0.3) is 0 Å². The predicted molar refractivity (Wildman–Crippen MR) is 47.3 cm³/mol. The minimum atomic E-state index is 0.562. The first-order valence-corrected chi connectivity index (χ1v) is 4.42. The Bertz CT molecular complexity index is 292. The molecule has 0 amide bonds. The molecule has 0 fully saturated rings. The fourth-order valence-corrected chi connectivity index (χ4v) is 1.96. The van der Waals surface area contributed by atoms with Crippen molar-refractivity contribution in [2.24, 2.45) is 0 Å². The molecule has 2 rings (SSSR count). The van der Waals surface area contributed by atoms with Crippen LogP contribution in [0.5, 0.6) is 0 Å². The lowest BCUT2D eigenvalue weighted by Gasteiger charge is -2.01. The van der Waals surface area contributed by atoms with Gasteiger partial charge < -0.3 is 0 Å². The average Bonchev–Trinajstić information content (AvgIpc) is 2.45. The molecule has 0 unspecified atom stereocenters. The molecule has 1 aromatic carbocycles. The maximum absolute atomic E-state index is 5.98. The molecular formula is C9H7Cl2. The second-order valence-electron chi connectivity index (χ2n) is 2.77. The van der Waals surface area contributed by atoms with Gasteiger partial charge in [-0.25, -0.2) is 0 Å². The predicted octanol–water partition coefficient (Wildman–Crippen LogP) is 3.28. The monoisotopic (exact) mass is 185 g/mol. The first kappa shape index (κ1) is 7.45. The van der Waals surface area contributed by atoms with E-state index >= 15 is 0 Å². The van der Waals surface area contributed by atoms with Gasteiger partial charge in [0, 0.05) is 6.07 Å². The van der Waals surface area contributed by atoms with Crippen molar-refractivity contribution in [1.29, 1.82) is 0 Å². The molecule has 11 heavy (non-hydrogen) atoms. The van der Waals surface area contributed by atoms with Crippen LogP contribution in [0.15, 0.2) is 6.07 Å². The Morgan fingerprint density at radius 3 is 2.91 bits per heavy atom. The van der Waals surface area contributed by atoms with E-state index < -0.39 is 0 Å². The van der Waals surface area contributed by atoms with Crippen molar-refractivity contribution in [2.45, 2.75) is 19.3 Å². The summed E-state index contributed by atoms with van der Waals surface area (Å²) in [5.74, 6) is 0. The number of halogens is 2. The van der Waals surface area contributed by atoms with Crippen LogP contribution >= 0.6 is 23.2 Å². The van der Waals surface area contributed by atoms with Crippen molar-refractivity contribution in [2.75, 3.05) is 0 Å². The number of fused-ring (bicyclic) bond motifs is 1. The summed E-state index contributed by atoms with van der Waals surface area (Å²) in [6.45, 7) is 0. The smallest absolute Gasteiger partial charge is 0.0674 e. The second-order valence-corrected chi connectivity index (χ2v) is 3.53. The van der Waals surface area contributed by atoms with E-state index in [0.717, 1.165) is 12.8 Å². The van der Waals surface area contributed by atoms with Crippen LogP contribution in [0.1, 0.15) is 17.5 Å². The topological polar surface area (TPSA) is 0 Å². The summed E-state index contributed by atoms with van der Waals surface area (Å²) in [4.78, 5) is 0. The first-order chi connectivity index (χ1) is 5.29. The van der Waals surface area contributed by atoms with E-state index in [0.29, 0.717) is 10.0 Å². The SMILES string of the molecule is Clc1[c]cc2c(c1Cl)CCC2. The maximum atomic E-state index is 5.98. The summed E-state index contributed by atoms with van der Waals surface area (Å²) in [5.41, 5.74) is 2.55. The Hall–Kier alpha value is -0.200. The highest BCUT2D eigenvalue weighted by molar-refractivity contribution is 6.42. The second kappa shape index (κ2) is 2.69. The number of rotatable bonds is 0. The van der Waals surface area contributed by atoms with E-state index in [1.165, 1.54) is 17.5 Å². The maximum Gasteiger partial charge on any atom is 0.0674 e. The lowest BCUT2D eigenvalue weighted by atomic mass is 10.1. The van der Waals surface area contributed by atoms with Gasteiger partial charge >= 0.3 is 0 Å². The van der Waals surface area contributed by atoms with Gasteiger partial charge in [-0.15, -0.1) is 0 Å². The molecule has 0 heterocycles. The van der Waals surface area contributed by atoms with Crippen LogP contribution in [0.2, 0.25) is 10.0 Å². The number of hydrogen-bond donors (Lipinski definition) is 0. The van der Waals surface area contributed by atoms with Gasteiger partial charge in [0.1, 0.15) is 0 Å². The Morgan fingerprint density at radius 2 is 2.09 bits per heavy atom. The molecule has 0 saturated heterocycles. The summed E-state index contributed by atoms with van der Waals surface area (Å²) in [6.07, 6.45) is 3.40. The molecule has 0 atom stereocenters. The average molecular weight is 186 g/mol. The number of hydrogen-bond acceptors (Lipinski definition) is 0. The zero-order chi connectivity index (χ0) is 7.84. The van der Waals surface area contributed by atoms with Gasteiger partial charge in [0.05, 0.1) is 10.0 Å². The molecule has 0 bridgehead atoms. The molecular weight excluding hydrogens is 179 g/mol. The standard InChI is InChI=1S/C9H7Cl2/c10-8-5-4-6-2-1-3-7(6)9(8)11/h4H,1-3H2. The van der Waals surface area contributed by atoms with Gasteiger partial charge in [0.2, 0.25) is 0 Å². The summed E-state index contributed by atoms with van der Waals surface area (Å²) < 4.78 is 0. The van der Waals surface area contributed by atoms with E-state index in [4.69, 9.17) is 23.2 Å². The fourth-order valence-electron chi connectivity index (χ4n) is 1.52. The molecule has 1 aromatic rings. The van der Waals surface area contributed by atoms with Crippen molar-refractivity contribution < 1.29 is 0 Å². The molecule has 0 saturated carbocycles. The quantitative estimate of drug-likeness (QED) is 0.583. The highest BCUT2D eigenvalue weighted by Gasteiger charge is 2.15. The van der Waals surface area contributed by atoms with Gasteiger partial charge in [-0.3, -0.25) is 0 Å². The van der Waals surface area contributed by atoms with Crippen LogP contribution < -0.4 is 0 Å². The van der Waals surface area contributed by atoms with E-state index in [1.807, 2.05) is 6.07 Å².